The monoisotopic (exact) mass is 337 g/mol. The summed E-state index contributed by atoms with van der Waals surface area (Å²) in [4.78, 5) is 21.1. The van der Waals surface area contributed by atoms with Crippen molar-refractivity contribution in [2.75, 3.05) is 6.54 Å². The van der Waals surface area contributed by atoms with Gasteiger partial charge in [-0.3, -0.25) is 4.79 Å². The predicted molar refractivity (Wildman–Crippen MR) is 82.5 cm³/mol. The summed E-state index contributed by atoms with van der Waals surface area (Å²) in [6.45, 7) is 2.46. The molecule has 0 saturated carbocycles. The quantitative estimate of drug-likeness (QED) is 0.862. The van der Waals surface area contributed by atoms with Gasteiger partial charge in [0.2, 0.25) is 5.91 Å². The largest absolute Gasteiger partial charge is 0.340 e. The maximum Gasteiger partial charge on any atom is 0.222 e. The maximum atomic E-state index is 13.9. The third kappa shape index (κ3) is 3.02. The number of halogens is 3. The predicted octanol–water partition coefficient (Wildman–Crippen LogP) is 3.96. The van der Waals surface area contributed by atoms with Crippen molar-refractivity contribution in [3.05, 3.63) is 41.6 Å². The average molecular weight is 337 g/mol. The third-order valence-electron chi connectivity index (χ3n) is 4.34. The van der Waals surface area contributed by atoms with Crippen molar-refractivity contribution in [2.24, 2.45) is 0 Å². The van der Waals surface area contributed by atoms with E-state index in [1.807, 2.05) is 0 Å². The zero-order valence-corrected chi connectivity index (χ0v) is 13.3. The zero-order valence-electron chi connectivity index (χ0n) is 13.3. The lowest BCUT2D eigenvalue weighted by Crippen LogP contribution is -2.38. The third-order valence-corrected chi connectivity index (χ3v) is 4.34. The molecule has 0 radical (unpaired) electrons. The molecule has 24 heavy (non-hydrogen) atoms. The molecule has 1 unspecified atom stereocenters. The van der Waals surface area contributed by atoms with E-state index in [4.69, 9.17) is 0 Å². The van der Waals surface area contributed by atoms with Gasteiger partial charge in [0.1, 0.15) is 11.6 Å². The van der Waals surface area contributed by atoms with Crippen LogP contribution in [0.2, 0.25) is 0 Å². The van der Waals surface area contributed by atoms with E-state index in [2.05, 4.69) is 9.97 Å². The van der Waals surface area contributed by atoms with E-state index < -0.39 is 17.5 Å². The minimum atomic E-state index is -1.23. The highest BCUT2D eigenvalue weighted by molar-refractivity contribution is 5.76. The highest BCUT2D eigenvalue weighted by Gasteiger charge is 2.29. The lowest BCUT2D eigenvalue weighted by Gasteiger charge is -2.34. The van der Waals surface area contributed by atoms with Crippen LogP contribution in [0, 0.1) is 17.5 Å². The Hall–Kier alpha value is -2.31. The number of benzene rings is 1. The maximum absolute atomic E-state index is 13.9. The van der Waals surface area contributed by atoms with Crippen molar-refractivity contribution >= 4 is 5.91 Å². The van der Waals surface area contributed by atoms with E-state index in [9.17, 15) is 18.0 Å². The fraction of sp³-hybridized carbons (Fsp3) is 0.412. The first-order valence-corrected chi connectivity index (χ1v) is 8.00. The number of likely N-dealkylation sites (tertiary alicyclic amines) is 1. The molecule has 3 rings (SSSR count). The minimum absolute atomic E-state index is 0.0386. The molecule has 2 aromatic rings. The van der Waals surface area contributed by atoms with Gasteiger partial charge in [0.15, 0.2) is 11.6 Å². The van der Waals surface area contributed by atoms with Gasteiger partial charge in [0.25, 0.3) is 0 Å². The Kier molecular flexibility index (Phi) is 4.59. The first-order chi connectivity index (χ1) is 11.5. The van der Waals surface area contributed by atoms with Crippen LogP contribution in [-0.4, -0.2) is 27.3 Å². The Morgan fingerprint density at radius 2 is 2.00 bits per heavy atom. The summed E-state index contributed by atoms with van der Waals surface area (Å²) in [6, 6.07) is 1.12. The van der Waals surface area contributed by atoms with Crippen molar-refractivity contribution in [1.29, 1.82) is 0 Å². The Morgan fingerprint density at radius 1 is 1.25 bits per heavy atom. The second-order valence-electron chi connectivity index (χ2n) is 5.88. The van der Waals surface area contributed by atoms with E-state index in [0.717, 1.165) is 25.3 Å². The van der Waals surface area contributed by atoms with Gasteiger partial charge in [0, 0.05) is 24.6 Å². The number of carbonyl (C=O) groups excluding carboxylic acids is 1. The molecule has 0 bridgehead atoms. The number of hydrogen-bond donors (Lipinski definition) is 1. The number of imidazole rings is 1. The van der Waals surface area contributed by atoms with Gasteiger partial charge in [-0.25, -0.2) is 18.2 Å². The SMILES string of the molecule is CCC(=O)N1CCCCC1c1ncc(-c2cc(F)c(F)cc2F)[nH]1. The molecule has 1 aliphatic rings. The van der Waals surface area contributed by atoms with E-state index in [-0.39, 0.29) is 23.2 Å². The molecule has 0 aliphatic carbocycles. The first kappa shape index (κ1) is 16.5. The fourth-order valence-corrected chi connectivity index (χ4v) is 3.09. The van der Waals surface area contributed by atoms with Crippen LogP contribution in [0.3, 0.4) is 0 Å². The van der Waals surface area contributed by atoms with Crippen molar-refractivity contribution < 1.29 is 18.0 Å². The molecular weight excluding hydrogens is 319 g/mol. The van der Waals surface area contributed by atoms with Crippen molar-refractivity contribution in [3.8, 4) is 11.3 Å². The van der Waals surface area contributed by atoms with Gasteiger partial charge in [0.05, 0.1) is 17.9 Å². The van der Waals surface area contributed by atoms with Crippen LogP contribution in [-0.2, 0) is 4.79 Å². The lowest BCUT2D eigenvalue weighted by atomic mass is 10.0. The van der Waals surface area contributed by atoms with Gasteiger partial charge in [-0.15, -0.1) is 0 Å². The van der Waals surface area contributed by atoms with Gasteiger partial charge < -0.3 is 9.88 Å². The van der Waals surface area contributed by atoms with Crippen LogP contribution in [0.15, 0.2) is 18.3 Å². The number of H-pyrrole nitrogens is 1. The van der Waals surface area contributed by atoms with Gasteiger partial charge in [-0.2, -0.15) is 0 Å². The molecule has 7 heteroatoms. The standard InChI is InChI=1S/C17H18F3N3O/c1-2-16(24)23-6-4-3-5-15(23)17-21-9-14(22-17)10-7-12(19)13(20)8-11(10)18/h7-9,15H,2-6H2,1H3,(H,21,22). The van der Waals surface area contributed by atoms with Gasteiger partial charge in [-0.1, -0.05) is 6.92 Å². The summed E-state index contributed by atoms with van der Waals surface area (Å²) in [5.74, 6) is -2.65. The lowest BCUT2D eigenvalue weighted by molar-refractivity contribution is -0.134. The number of nitrogens with zero attached hydrogens (tertiary/aromatic N) is 2. The van der Waals surface area contributed by atoms with Crippen LogP contribution in [0.4, 0.5) is 13.2 Å². The van der Waals surface area contributed by atoms with E-state index in [0.29, 0.717) is 24.9 Å². The van der Waals surface area contributed by atoms with Crippen LogP contribution in [0.25, 0.3) is 11.3 Å². The van der Waals surface area contributed by atoms with Crippen LogP contribution < -0.4 is 0 Å². The smallest absolute Gasteiger partial charge is 0.222 e. The van der Waals surface area contributed by atoms with Gasteiger partial charge >= 0.3 is 0 Å². The van der Waals surface area contributed by atoms with Crippen molar-refractivity contribution in [3.63, 3.8) is 0 Å². The summed E-state index contributed by atoms with van der Waals surface area (Å²) in [5.41, 5.74) is 0.174. The number of carbonyl (C=O) groups is 1. The van der Waals surface area contributed by atoms with E-state index in [1.54, 1.807) is 11.8 Å². The number of aromatic nitrogens is 2. The average Bonchev–Trinajstić information content (AvgIpc) is 3.07. The van der Waals surface area contributed by atoms with E-state index >= 15 is 0 Å². The van der Waals surface area contributed by atoms with Crippen molar-refractivity contribution in [2.45, 2.75) is 38.6 Å². The molecule has 1 N–H and O–H groups in total. The summed E-state index contributed by atoms with van der Waals surface area (Å²) >= 11 is 0. The number of nitrogens with one attached hydrogen (secondary N) is 1. The van der Waals surface area contributed by atoms with Crippen LogP contribution in [0.1, 0.15) is 44.5 Å². The topological polar surface area (TPSA) is 49.0 Å². The minimum Gasteiger partial charge on any atom is -0.340 e. The van der Waals surface area contributed by atoms with E-state index in [1.165, 1.54) is 6.20 Å². The molecule has 2 heterocycles. The second-order valence-corrected chi connectivity index (χ2v) is 5.88. The Bertz CT molecular complexity index is 760. The van der Waals surface area contributed by atoms with Crippen LogP contribution >= 0.6 is 0 Å². The Morgan fingerprint density at radius 3 is 2.75 bits per heavy atom. The second kappa shape index (κ2) is 6.67. The fourth-order valence-electron chi connectivity index (χ4n) is 3.09. The number of piperidine rings is 1. The summed E-state index contributed by atoms with van der Waals surface area (Å²) in [5, 5.41) is 0. The molecule has 1 aliphatic heterocycles. The molecule has 1 aromatic carbocycles. The van der Waals surface area contributed by atoms with Crippen molar-refractivity contribution in [1.82, 2.24) is 14.9 Å². The molecule has 1 saturated heterocycles. The molecule has 1 aromatic heterocycles. The number of hydrogen-bond acceptors (Lipinski definition) is 2. The molecule has 4 nitrogen and oxygen atoms in total. The summed E-state index contributed by atoms with van der Waals surface area (Å²) in [6.07, 6.45) is 4.45. The highest BCUT2D eigenvalue weighted by Crippen LogP contribution is 2.32. The summed E-state index contributed by atoms with van der Waals surface area (Å²) < 4.78 is 40.4. The number of aromatic amines is 1. The summed E-state index contributed by atoms with van der Waals surface area (Å²) in [7, 11) is 0. The normalized spacial score (nSPS) is 18.0. The van der Waals surface area contributed by atoms with Gasteiger partial charge in [-0.05, 0) is 25.3 Å². The first-order valence-electron chi connectivity index (χ1n) is 8.00. The highest BCUT2D eigenvalue weighted by atomic mass is 19.2. The number of amides is 1. The van der Waals surface area contributed by atoms with Crippen LogP contribution in [0.5, 0.6) is 0 Å². The molecular formula is C17H18F3N3O. The zero-order chi connectivity index (χ0) is 17.3. The Labute approximate surface area is 137 Å². The molecule has 1 atom stereocenters. The number of rotatable bonds is 3. The Balaban J connectivity index is 1.92. The molecule has 0 spiro atoms. The molecule has 1 amide bonds. The molecule has 128 valence electrons. The molecule has 1 fully saturated rings.